The minimum atomic E-state index is -0.248. The van der Waals surface area contributed by atoms with Crippen LogP contribution in [0.2, 0.25) is 0 Å². The van der Waals surface area contributed by atoms with Crippen molar-refractivity contribution in [3.05, 3.63) is 18.2 Å². The lowest BCUT2D eigenvalue weighted by Gasteiger charge is -2.38. The van der Waals surface area contributed by atoms with E-state index in [0.29, 0.717) is 5.92 Å². The highest BCUT2D eigenvalue weighted by Crippen LogP contribution is 2.48. The summed E-state index contributed by atoms with van der Waals surface area (Å²) in [5.74, 6) is 1.47. The zero-order chi connectivity index (χ0) is 11.1. The summed E-state index contributed by atoms with van der Waals surface area (Å²) in [6, 6.07) is 0. The van der Waals surface area contributed by atoms with E-state index >= 15 is 0 Å². The number of nitrogens with zero attached hydrogens (tertiary/aromatic N) is 1. The smallest absolute Gasteiger partial charge is 0.126 e. The molecule has 0 spiro atoms. The quantitative estimate of drug-likeness (QED) is 0.743. The third kappa shape index (κ3) is 1.69. The molecule has 2 atom stereocenters. The van der Waals surface area contributed by atoms with Crippen molar-refractivity contribution in [3.8, 4) is 0 Å². The second-order valence-corrected chi connectivity index (χ2v) is 5.79. The van der Waals surface area contributed by atoms with Crippen LogP contribution >= 0.6 is 0 Å². The second kappa shape index (κ2) is 3.34. The lowest BCUT2D eigenvalue weighted by molar-refractivity contribution is 0.150. The van der Waals surface area contributed by atoms with Gasteiger partial charge in [0.15, 0.2) is 0 Å². The Bertz CT molecular complexity index is 323. The normalized spacial score (nSPS) is 32.1. The molecule has 0 unspecified atom stereocenters. The van der Waals surface area contributed by atoms with Crippen molar-refractivity contribution in [2.75, 3.05) is 0 Å². The molecule has 1 aromatic heterocycles. The lowest BCUT2D eigenvalue weighted by Crippen LogP contribution is -2.46. The van der Waals surface area contributed by atoms with Crippen LogP contribution in [0.15, 0.2) is 12.4 Å². The van der Waals surface area contributed by atoms with Crippen LogP contribution in [0.4, 0.5) is 0 Å². The zero-order valence-corrected chi connectivity index (χ0v) is 9.88. The fraction of sp³-hybridized carbons (Fsp3) is 0.750. The molecule has 3 nitrogen and oxygen atoms in total. The first kappa shape index (κ1) is 10.7. The average molecular weight is 207 g/mol. The molecule has 1 heterocycles. The van der Waals surface area contributed by atoms with Gasteiger partial charge in [-0.1, -0.05) is 27.2 Å². The van der Waals surface area contributed by atoms with Crippen LogP contribution < -0.4 is 5.73 Å². The van der Waals surface area contributed by atoms with Gasteiger partial charge in [0.25, 0.3) is 0 Å². The van der Waals surface area contributed by atoms with Gasteiger partial charge in [0, 0.05) is 12.4 Å². The predicted molar refractivity (Wildman–Crippen MR) is 61.2 cm³/mol. The molecule has 0 amide bonds. The van der Waals surface area contributed by atoms with Crippen LogP contribution in [0.1, 0.15) is 45.9 Å². The third-order valence-corrected chi connectivity index (χ3v) is 3.69. The van der Waals surface area contributed by atoms with Gasteiger partial charge in [-0.2, -0.15) is 0 Å². The number of nitrogens with two attached hydrogens (primary N) is 1. The number of hydrogen-bond donors (Lipinski definition) is 2. The summed E-state index contributed by atoms with van der Waals surface area (Å²) in [5, 5.41) is 0. The van der Waals surface area contributed by atoms with E-state index in [1.807, 2.05) is 6.20 Å². The summed E-state index contributed by atoms with van der Waals surface area (Å²) >= 11 is 0. The maximum atomic E-state index is 6.56. The molecule has 1 fully saturated rings. The zero-order valence-electron chi connectivity index (χ0n) is 9.88. The Morgan fingerprint density at radius 3 is 2.80 bits per heavy atom. The predicted octanol–water partition coefficient (Wildman–Crippen LogP) is 2.41. The highest BCUT2D eigenvalue weighted by Gasteiger charge is 2.47. The van der Waals surface area contributed by atoms with Gasteiger partial charge in [-0.05, 0) is 24.2 Å². The van der Waals surface area contributed by atoms with Crippen LogP contribution in [-0.4, -0.2) is 9.97 Å². The fourth-order valence-corrected chi connectivity index (χ4v) is 3.04. The van der Waals surface area contributed by atoms with Crippen LogP contribution in [0.25, 0.3) is 0 Å². The summed E-state index contributed by atoms with van der Waals surface area (Å²) < 4.78 is 0. The second-order valence-electron chi connectivity index (χ2n) is 5.79. The van der Waals surface area contributed by atoms with Crippen molar-refractivity contribution in [3.63, 3.8) is 0 Å². The maximum Gasteiger partial charge on any atom is 0.126 e. The van der Waals surface area contributed by atoms with E-state index in [4.69, 9.17) is 5.73 Å². The van der Waals surface area contributed by atoms with Gasteiger partial charge in [-0.25, -0.2) is 4.98 Å². The Balaban J connectivity index is 2.35. The summed E-state index contributed by atoms with van der Waals surface area (Å²) in [7, 11) is 0. The highest BCUT2D eigenvalue weighted by atomic mass is 15.0. The minimum Gasteiger partial charge on any atom is -0.347 e. The SMILES string of the molecule is CC(C)(C)[C@@H]1CCC[C@]1(N)c1ncc[nH]1. The van der Waals surface area contributed by atoms with E-state index in [2.05, 4.69) is 30.7 Å². The molecule has 15 heavy (non-hydrogen) atoms. The average Bonchev–Trinajstić information content (AvgIpc) is 2.69. The number of aromatic amines is 1. The van der Waals surface area contributed by atoms with E-state index in [-0.39, 0.29) is 11.0 Å². The van der Waals surface area contributed by atoms with Crippen LogP contribution in [0.5, 0.6) is 0 Å². The Morgan fingerprint density at radius 2 is 2.27 bits per heavy atom. The highest BCUT2D eigenvalue weighted by molar-refractivity contribution is 5.13. The topological polar surface area (TPSA) is 54.7 Å². The number of nitrogens with one attached hydrogen (secondary N) is 1. The van der Waals surface area contributed by atoms with Gasteiger partial charge in [0.2, 0.25) is 0 Å². The van der Waals surface area contributed by atoms with Crippen molar-refractivity contribution in [2.24, 2.45) is 17.1 Å². The van der Waals surface area contributed by atoms with E-state index in [1.54, 1.807) is 6.20 Å². The molecule has 1 aromatic rings. The molecule has 0 aliphatic heterocycles. The monoisotopic (exact) mass is 207 g/mol. The number of H-pyrrole nitrogens is 1. The maximum absolute atomic E-state index is 6.56. The van der Waals surface area contributed by atoms with Gasteiger partial charge in [-0.15, -0.1) is 0 Å². The summed E-state index contributed by atoms with van der Waals surface area (Å²) in [4.78, 5) is 7.54. The summed E-state index contributed by atoms with van der Waals surface area (Å²) in [6.45, 7) is 6.81. The minimum absolute atomic E-state index is 0.248. The first-order chi connectivity index (χ1) is 6.94. The molecule has 0 saturated heterocycles. The Labute approximate surface area is 91.5 Å². The first-order valence-corrected chi connectivity index (χ1v) is 5.73. The van der Waals surface area contributed by atoms with E-state index in [9.17, 15) is 0 Å². The van der Waals surface area contributed by atoms with Crippen molar-refractivity contribution in [1.29, 1.82) is 0 Å². The summed E-state index contributed by atoms with van der Waals surface area (Å²) in [5.41, 5.74) is 6.56. The molecule has 84 valence electrons. The van der Waals surface area contributed by atoms with E-state index in [1.165, 1.54) is 12.8 Å². The molecule has 1 aliphatic rings. The Kier molecular flexibility index (Phi) is 2.38. The van der Waals surface area contributed by atoms with Gasteiger partial charge in [0.05, 0.1) is 5.54 Å². The first-order valence-electron chi connectivity index (χ1n) is 5.73. The molecule has 2 rings (SSSR count). The molecular formula is C12H21N3. The molecule has 3 N–H and O–H groups in total. The van der Waals surface area contributed by atoms with Crippen molar-refractivity contribution in [1.82, 2.24) is 9.97 Å². The van der Waals surface area contributed by atoms with Gasteiger partial charge in [0.1, 0.15) is 5.82 Å². The molecule has 1 aliphatic carbocycles. The van der Waals surface area contributed by atoms with E-state index in [0.717, 1.165) is 12.2 Å². The van der Waals surface area contributed by atoms with Crippen LogP contribution in [0.3, 0.4) is 0 Å². The Morgan fingerprint density at radius 1 is 1.53 bits per heavy atom. The van der Waals surface area contributed by atoms with Crippen molar-refractivity contribution < 1.29 is 0 Å². The molecule has 3 heteroatoms. The third-order valence-electron chi connectivity index (χ3n) is 3.69. The molecule has 0 bridgehead atoms. The van der Waals surface area contributed by atoms with Gasteiger partial charge < -0.3 is 10.7 Å². The number of rotatable bonds is 1. The van der Waals surface area contributed by atoms with Gasteiger partial charge >= 0.3 is 0 Å². The molecule has 0 radical (unpaired) electrons. The standard InChI is InChI=1S/C12H21N3/c1-11(2,3)9-5-4-6-12(9,13)10-14-7-8-15-10/h7-9H,4-6,13H2,1-3H3,(H,14,15)/t9-,12+/m0/s1. The fourth-order valence-electron chi connectivity index (χ4n) is 3.04. The Hall–Kier alpha value is -0.830. The molecule has 0 aromatic carbocycles. The molecule has 1 saturated carbocycles. The molecular weight excluding hydrogens is 186 g/mol. The van der Waals surface area contributed by atoms with E-state index < -0.39 is 0 Å². The number of aromatic nitrogens is 2. The van der Waals surface area contributed by atoms with Gasteiger partial charge in [-0.3, -0.25) is 0 Å². The number of hydrogen-bond acceptors (Lipinski definition) is 2. The number of imidazole rings is 1. The van der Waals surface area contributed by atoms with Crippen LogP contribution in [0, 0.1) is 11.3 Å². The summed E-state index contributed by atoms with van der Waals surface area (Å²) in [6.07, 6.45) is 7.12. The largest absolute Gasteiger partial charge is 0.347 e. The van der Waals surface area contributed by atoms with Crippen molar-refractivity contribution >= 4 is 0 Å². The lowest BCUT2D eigenvalue weighted by atomic mass is 9.71. The van der Waals surface area contributed by atoms with Crippen LogP contribution in [-0.2, 0) is 5.54 Å². The van der Waals surface area contributed by atoms with Crippen molar-refractivity contribution in [2.45, 2.75) is 45.6 Å².